The molecule has 0 aliphatic heterocycles. The molecule has 2 aromatic rings. The highest BCUT2D eigenvalue weighted by Crippen LogP contribution is 2.29. The Bertz CT molecular complexity index is 702. The maximum absolute atomic E-state index is 12.0. The van der Waals surface area contributed by atoms with Crippen LogP contribution in [0.5, 0.6) is 11.5 Å². The highest BCUT2D eigenvalue weighted by molar-refractivity contribution is 6.35. The molecule has 0 bridgehead atoms. The Morgan fingerprint density at radius 1 is 1.04 bits per heavy atom. The standard InChI is InChI=1S/C17H15Cl2NO3/c1-22-15-4-3-5-16(23-2)14(15)6-7-17(21)20-13-9-11(18)8-12(19)10-13/h3-10H,1-2H3,(H,20,21). The van der Waals surface area contributed by atoms with Crippen LogP contribution in [0.15, 0.2) is 42.5 Å². The Labute approximate surface area is 144 Å². The fourth-order valence-corrected chi connectivity index (χ4v) is 2.54. The average molecular weight is 352 g/mol. The number of hydrogen-bond donors (Lipinski definition) is 1. The van der Waals surface area contributed by atoms with Crippen LogP contribution in [0.2, 0.25) is 10.0 Å². The van der Waals surface area contributed by atoms with Gasteiger partial charge in [0.05, 0.1) is 19.8 Å². The Kier molecular flexibility index (Phi) is 5.90. The number of halogens is 2. The van der Waals surface area contributed by atoms with E-state index in [1.165, 1.54) is 6.08 Å². The van der Waals surface area contributed by atoms with Crippen molar-refractivity contribution in [3.8, 4) is 11.5 Å². The number of hydrogen-bond acceptors (Lipinski definition) is 3. The van der Waals surface area contributed by atoms with Crippen LogP contribution < -0.4 is 14.8 Å². The number of amides is 1. The van der Waals surface area contributed by atoms with Crippen molar-refractivity contribution in [3.05, 3.63) is 58.1 Å². The van der Waals surface area contributed by atoms with Crippen molar-refractivity contribution in [1.29, 1.82) is 0 Å². The number of ether oxygens (including phenoxy) is 2. The van der Waals surface area contributed by atoms with E-state index >= 15 is 0 Å². The molecule has 0 fully saturated rings. The zero-order valence-electron chi connectivity index (χ0n) is 12.6. The molecule has 2 aromatic carbocycles. The molecule has 0 radical (unpaired) electrons. The lowest BCUT2D eigenvalue weighted by atomic mass is 10.1. The van der Waals surface area contributed by atoms with Crippen molar-refractivity contribution in [2.24, 2.45) is 0 Å². The van der Waals surface area contributed by atoms with Gasteiger partial charge in [0.1, 0.15) is 11.5 Å². The van der Waals surface area contributed by atoms with E-state index in [-0.39, 0.29) is 5.91 Å². The summed E-state index contributed by atoms with van der Waals surface area (Å²) in [5.41, 5.74) is 1.20. The molecule has 1 N–H and O–H groups in total. The highest BCUT2D eigenvalue weighted by Gasteiger charge is 2.07. The minimum Gasteiger partial charge on any atom is -0.496 e. The molecule has 23 heavy (non-hydrogen) atoms. The average Bonchev–Trinajstić information content (AvgIpc) is 2.51. The minimum atomic E-state index is -0.323. The van der Waals surface area contributed by atoms with Gasteiger partial charge in [0.2, 0.25) is 5.91 Å². The SMILES string of the molecule is COc1cccc(OC)c1C=CC(=O)Nc1cc(Cl)cc(Cl)c1. The van der Waals surface area contributed by atoms with Crippen molar-refractivity contribution < 1.29 is 14.3 Å². The molecule has 0 aliphatic rings. The van der Waals surface area contributed by atoms with Crippen molar-refractivity contribution in [3.63, 3.8) is 0 Å². The summed E-state index contributed by atoms with van der Waals surface area (Å²) in [6, 6.07) is 10.2. The Morgan fingerprint density at radius 3 is 2.13 bits per heavy atom. The number of carbonyl (C=O) groups is 1. The molecule has 120 valence electrons. The second-order valence-corrected chi connectivity index (χ2v) is 5.43. The molecule has 0 saturated heterocycles. The molecular weight excluding hydrogens is 337 g/mol. The van der Waals surface area contributed by atoms with E-state index in [1.54, 1.807) is 50.6 Å². The second kappa shape index (κ2) is 7.90. The van der Waals surface area contributed by atoms with Crippen molar-refractivity contribution >= 4 is 40.9 Å². The van der Waals surface area contributed by atoms with E-state index in [9.17, 15) is 4.79 Å². The third-order valence-electron chi connectivity index (χ3n) is 3.00. The zero-order chi connectivity index (χ0) is 16.8. The van der Waals surface area contributed by atoms with Crippen LogP contribution in [0.1, 0.15) is 5.56 Å². The van der Waals surface area contributed by atoms with Gasteiger partial charge < -0.3 is 14.8 Å². The third kappa shape index (κ3) is 4.65. The van der Waals surface area contributed by atoms with E-state index in [0.717, 1.165) is 0 Å². The molecular formula is C17H15Cl2NO3. The van der Waals surface area contributed by atoms with Gasteiger partial charge in [-0.1, -0.05) is 29.3 Å². The van der Waals surface area contributed by atoms with Crippen molar-refractivity contribution in [2.45, 2.75) is 0 Å². The molecule has 0 spiro atoms. The van der Waals surface area contributed by atoms with Crippen LogP contribution in [-0.4, -0.2) is 20.1 Å². The first-order valence-electron chi connectivity index (χ1n) is 6.69. The summed E-state index contributed by atoms with van der Waals surface area (Å²) in [6.07, 6.45) is 3.01. The largest absolute Gasteiger partial charge is 0.496 e. The van der Waals surface area contributed by atoms with Gasteiger partial charge in [-0.3, -0.25) is 4.79 Å². The Hall–Kier alpha value is -2.17. The zero-order valence-corrected chi connectivity index (χ0v) is 14.1. The quantitative estimate of drug-likeness (QED) is 0.796. The molecule has 0 saturated carbocycles. The fourth-order valence-electron chi connectivity index (χ4n) is 2.01. The van der Waals surface area contributed by atoms with E-state index < -0.39 is 0 Å². The first kappa shape index (κ1) is 17.2. The summed E-state index contributed by atoms with van der Waals surface area (Å²) >= 11 is 11.8. The fraction of sp³-hybridized carbons (Fsp3) is 0.118. The van der Waals surface area contributed by atoms with Crippen LogP contribution in [-0.2, 0) is 4.79 Å². The number of nitrogens with one attached hydrogen (secondary N) is 1. The molecule has 0 atom stereocenters. The molecule has 0 heterocycles. The van der Waals surface area contributed by atoms with Crippen LogP contribution in [0.25, 0.3) is 6.08 Å². The number of rotatable bonds is 5. The summed E-state index contributed by atoms with van der Waals surface area (Å²) in [5.74, 6) is 0.898. The number of methoxy groups -OCH3 is 2. The summed E-state index contributed by atoms with van der Waals surface area (Å²) in [5, 5.41) is 3.59. The first-order valence-corrected chi connectivity index (χ1v) is 7.45. The summed E-state index contributed by atoms with van der Waals surface area (Å²) in [4.78, 5) is 12.0. The molecule has 0 aromatic heterocycles. The number of anilines is 1. The molecule has 2 rings (SSSR count). The molecule has 0 aliphatic carbocycles. The van der Waals surface area contributed by atoms with E-state index in [4.69, 9.17) is 32.7 Å². The van der Waals surface area contributed by atoms with Gasteiger partial charge in [0.25, 0.3) is 0 Å². The Morgan fingerprint density at radius 2 is 1.61 bits per heavy atom. The maximum atomic E-state index is 12.0. The van der Waals surface area contributed by atoms with Gasteiger partial charge in [-0.2, -0.15) is 0 Å². The Balaban J connectivity index is 2.18. The lowest BCUT2D eigenvalue weighted by Gasteiger charge is -2.09. The normalized spacial score (nSPS) is 10.6. The van der Waals surface area contributed by atoms with Gasteiger partial charge in [0, 0.05) is 21.8 Å². The predicted molar refractivity (Wildman–Crippen MR) is 93.7 cm³/mol. The summed E-state index contributed by atoms with van der Waals surface area (Å²) < 4.78 is 10.5. The van der Waals surface area contributed by atoms with Gasteiger partial charge in [-0.05, 0) is 36.4 Å². The summed E-state index contributed by atoms with van der Waals surface area (Å²) in [6.45, 7) is 0. The highest BCUT2D eigenvalue weighted by atomic mass is 35.5. The second-order valence-electron chi connectivity index (χ2n) is 4.56. The number of carbonyl (C=O) groups excluding carboxylic acids is 1. The van der Waals surface area contributed by atoms with Crippen molar-refractivity contribution in [1.82, 2.24) is 0 Å². The van der Waals surface area contributed by atoms with Crippen LogP contribution >= 0.6 is 23.2 Å². The monoisotopic (exact) mass is 351 g/mol. The van der Waals surface area contributed by atoms with Gasteiger partial charge in [-0.15, -0.1) is 0 Å². The lowest BCUT2D eigenvalue weighted by molar-refractivity contribution is -0.111. The van der Waals surface area contributed by atoms with Gasteiger partial charge in [-0.25, -0.2) is 0 Å². The molecule has 0 unspecified atom stereocenters. The van der Waals surface area contributed by atoms with E-state index in [0.29, 0.717) is 32.8 Å². The van der Waals surface area contributed by atoms with Gasteiger partial charge in [0.15, 0.2) is 0 Å². The minimum absolute atomic E-state index is 0.323. The first-order chi connectivity index (χ1) is 11.0. The number of benzene rings is 2. The van der Waals surface area contributed by atoms with E-state index in [1.807, 2.05) is 6.07 Å². The van der Waals surface area contributed by atoms with Crippen LogP contribution in [0.4, 0.5) is 5.69 Å². The smallest absolute Gasteiger partial charge is 0.248 e. The topological polar surface area (TPSA) is 47.6 Å². The predicted octanol–water partition coefficient (Wildman–Crippen LogP) is 4.66. The molecule has 6 heteroatoms. The lowest BCUT2D eigenvalue weighted by Crippen LogP contribution is -2.07. The third-order valence-corrected chi connectivity index (χ3v) is 3.43. The van der Waals surface area contributed by atoms with Crippen LogP contribution in [0, 0.1) is 0 Å². The maximum Gasteiger partial charge on any atom is 0.248 e. The molecule has 1 amide bonds. The van der Waals surface area contributed by atoms with E-state index in [2.05, 4.69) is 5.32 Å². The molecule has 4 nitrogen and oxygen atoms in total. The van der Waals surface area contributed by atoms with Crippen LogP contribution in [0.3, 0.4) is 0 Å². The summed E-state index contributed by atoms with van der Waals surface area (Å²) in [7, 11) is 3.11. The van der Waals surface area contributed by atoms with Crippen molar-refractivity contribution in [2.75, 3.05) is 19.5 Å². The van der Waals surface area contributed by atoms with Gasteiger partial charge >= 0.3 is 0 Å².